The van der Waals surface area contributed by atoms with Crippen LogP contribution in [0.3, 0.4) is 0 Å². The Balaban J connectivity index is 2.80. The normalized spacial score (nSPS) is 11.1. The quantitative estimate of drug-likeness (QED) is 0.714. The Labute approximate surface area is 116 Å². The lowest BCUT2D eigenvalue weighted by molar-refractivity contribution is -0.142. The number of carboxylic acid groups (broad SMARTS) is 1. The molecule has 0 fully saturated rings. The van der Waals surface area contributed by atoms with E-state index in [-0.39, 0.29) is 30.0 Å². The number of carbonyl (C=O) groups excluding carboxylic acids is 1. The molecule has 0 aliphatic carbocycles. The van der Waals surface area contributed by atoms with Gasteiger partial charge in [0.1, 0.15) is 0 Å². The van der Waals surface area contributed by atoms with Gasteiger partial charge in [-0.1, -0.05) is 12.1 Å². The smallest absolute Gasteiger partial charge is 0.337 e. The minimum atomic E-state index is -3.99. The van der Waals surface area contributed by atoms with Gasteiger partial charge in [-0.05, 0) is 19.1 Å². The summed E-state index contributed by atoms with van der Waals surface area (Å²) in [5.41, 5.74) is -0.323. The Hall–Kier alpha value is -1.93. The number of ether oxygens (including phenoxy) is 1. The van der Waals surface area contributed by atoms with E-state index in [9.17, 15) is 18.0 Å². The van der Waals surface area contributed by atoms with Gasteiger partial charge in [-0.15, -0.1) is 0 Å². The van der Waals surface area contributed by atoms with Crippen LogP contribution >= 0.6 is 0 Å². The molecule has 0 saturated heterocycles. The summed E-state index contributed by atoms with van der Waals surface area (Å²) >= 11 is 0. The Kier molecular flexibility index (Phi) is 5.66. The van der Waals surface area contributed by atoms with Crippen molar-refractivity contribution in [1.82, 2.24) is 4.72 Å². The summed E-state index contributed by atoms with van der Waals surface area (Å²) in [5.74, 6) is -1.86. The second-order valence-electron chi connectivity index (χ2n) is 3.75. The molecule has 0 amide bonds. The average Bonchev–Trinajstić information content (AvgIpc) is 2.38. The van der Waals surface area contributed by atoms with Gasteiger partial charge in [-0.2, -0.15) is 0 Å². The molecule has 7 nitrogen and oxygen atoms in total. The number of esters is 1. The first kappa shape index (κ1) is 16.1. The summed E-state index contributed by atoms with van der Waals surface area (Å²) in [4.78, 5) is 21.7. The van der Waals surface area contributed by atoms with Gasteiger partial charge in [0.2, 0.25) is 10.0 Å². The zero-order valence-corrected chi connectivity index (χ0v) is 11.6. The van der Waals surface area contributed by atoms with Gasteiger partial charge < -0.3 is 9.84 Å². The molecule has 0 unspecified atom stereocenters. The molecule has 0 spiro atoms. The molecule has 1 rings (SSSR count). The van der Waals surface area contributed by atoms with Gasteiger partial charge in [-0.3, -0.25) is 4.79 Å². The van der Waals surface area contributed by atoms with E-state index in [4.69, 9.17) is 5.11 Å². The maximum atomic E-state index is 12.0. The number of benzene rings is 1. The molecule has 0 radical (unpaired) electrons. The molecule has 0 aromatic heterocycles. The molecule has 1 aromatic carbocycles. The highest BCUT2D eigenvalue weighted by atomic mass is 32.2. The summed E-state index contributed by atoms with van der Waals surface area (Å²) in [5, 5.41) is 8.95. The monoisotopic (exact) mass is 301 g/mol. The molecule has 0 atom stereocenters. The number of carboxylic acids is 1. The number of sulfonamides is 1. The minimum absolute atomic E-state index is 0.123. The third kappa shape index (κ3) is 4.32. The fourth-order valence-corrected chi connectivity index (χ4v) is 2.70. The first-order chi connectivity index (χ1) is 9.38. The molecular formula is C12H15NO6S. The van der Waals surface area contributed by atoms with E-state index in [0.29, 0.717) is 0 Å². The maximum absolute atomic E-state index is 12.0. The van der Waals surface area contributed by atoms with E-state index in [2.05, 4.69) is 9.46 Å². The Bertz CT molecular complexity index is 596. The van der Waals surface area contributed by atoms with E-state index in [1.165, 1.54) is 24.3 Å². The van der Waals surface area contributed by atoms with Crippen molar-refractivity contribution in [3.05, 3.63) is 29.8 Å². The molecule has 2 N–H and O–H groups in total. The lowest BCUT2D eigenvalue weighted by Gasteiger charge is -2.08. The van der Waals surface area contributed by atoms with Gasteiger partial charge >= 0.3 is 11.9 Å². The number of hydrogen-bond acceptors (Lipinski definition) is 5. The second kappa shape index (κ2) is 7.01. The van der Waals surface area contributed by atoms with Crippen molar-refractivity contribution >= 4 is 22.0 Å². The van der Waals surface area contributed by atoms with Crippen LogP contribution in [0.15, 0.2) is 29.2 Å². The summed E-state index contributed by atoms with van der Waals surface area (Å²) in [6.45, 7) is 1.70. The van der Waals surface area contributed by atoms with E-state index >= 15 is 0 Å². The predicted molar refractivity (Wildman–Crippen MR) is 69.8 cm³/mol. The third-order valence-corrected chi connectivity index (χ3v) is 3.85. The van der Waals surface area contributed by atoms with Crippen molar-refractivity contribution < 1.29 is 27.9 Å². The van der Waals surface area contributed by atoms with Crippen LogP contribution in [-0.2, 0) is 19.6 Å². The maximum Gasteiger partial charge on any atom is 0.337 e. The van der Waals surface area contributed by atoms with Crippen LogP contribution in [0.1, 0.15) is 23.7 Å². The third-order valence-electron chi connectivity index (χ3n) is 2.33. The first-order valence-corrected chi connectivity index (χ1v) is 7.34. The number of rotatable bonds is 7. The van der Waals surface area contributed by atoms with Crippen molar-refractivity contribution in [2.24, 2.45) is 0 Å². The van der Waals surface area contributed by atoms with Crippen LogP contribution in [0.25, 0.3) is 0 Å². The van der Waals surface area contributed by atoms with Crippen molar-refractivity contribution in [2.75, 3.05) is 13.2 Å². The molecule has 0 aliphatic rings. The van der Waals surface area contributed by atoms with E-state index in [0.717, 1.165) is 0 Å². The van der Waals surface area contributed by atoms with Crippen LogP contribution in [-0.4, -0.2) is 38.6 Å². The summed E-state index contributed by atoms with van der Waals surface area (Å²) in [6.07, 6.45) is -0.123. The first-order valence-electron chi connectivity index (χ1n) is 5.86. The molecular weight excluding hydrogens is 286 g/mol. The summed E-state index contributed by atoms with van der Waals surface area (Å²) in [7, 11) is -3.99. The van der Waals surface area contributed by atoms with Crippen LogP contribution < -0.4 is 4.72 Å². The highest BCUT2D eigenvalue weighted by Gasteiger charge is 2.21. The zero-order chi connectivity index (χ0) is 15.2. The SMILES string of the molecule is CCOC(=O)CCNS(=O)(=O)c1ccccc1C(=O)O. The zero-order valence-electron chi connectivity index (χ0n) is 10.8. The number of carbonyl (C=O) groups is 2. The minimum Gasteiger partial charge on any atom is -0.478 e. The molecule has 1 aromatic rings. The molecule has 20 heavy (non-hydrogen) atoms. The van der Waals surface area contributed by atoms with Crippen LogP contribution in [0, 0.1) is 0 Å². The predicted octanol–water partition coefficient (Wildman–Crippen LogP) is 0.616. The molecule has 0 aliphatic heterocycles. The largest absolute Gasteiger partial charge is 0.478 e. The lowest BCUT2D eigenvalue weighted by atomic mass is 10.2. The van der Waals surface area contributed by atoms with Gasteiger partial charge in [0.05, 0.1) is 23.5 Å². The Morgan fingerprint density at radius 2 is 1.95 bits per heavy atom. The van der Waals surface area contributed by atoms with Crippen LogP contribution in [0.4, 0.5) is 0 Å². The van der Waals surface area contributed by atoms with E-state index in [1.54, 1.807) is 6.92 Å². The van der Waals surface area contributed by atoms with Gasteiger partial charge in [0.15, 0.2) is 0 Å². The molecule has 110 valence electrons. The van der Waals surface area contributed by atoms with Crippen LogP contribution in [0.2, 0.25) is 0 Å². The molecule has 0 heterocycles. The lowest BCUT2D eigenvalue weighted by Crippen LogP contribution is -2.28. The summed E-state index contributed by atoms with van der Waals surface area (Å²) in [6, 6.07) is 5.24. The fraction of sp³-hybridized carbons (Fsp3) is 0.333. The second-order valence-corrected chi connectivity index (χ2v) is 5.49. The molecule has 8 heteroatoms. The summed E-state index contributed by atoms with van der Waals surface area (Å²) < 4.78 is 30.8. The number of nitrogens with one attached hydrogen (secondary N) is 1. The van der Waals surface area contributed by atoms with E-state index < -0.39 is 22.0 Å². The number of hydrogen-bond donors (Lipinski definition) is 2. The van der Waals surface area contributed by atoms with Gasteiger partial charge in [0, 0.05) is 6.54 Å². The van der Waals surface area contributed by atoms with Crippen molar-refractivity contribution in [2.45, 2.75) is 18.2 Å². The molecule has 0 saturated carbocycles. The van der Waals surface area contributed by atoms with Crippen molar-refractivity contribution in [3.63, 3.8) is 0 Å². The topological polar surface area (TPSA) is 110 Å². The number of aromatic carboxylic acids is 1. The average molecular weight is 301 g/mol. The molecule has 0 bridgehead atoms. The van der Waals surface area contributed by atoms with Crippen molar-refractivity contribution in [1.29, 1.82) is 0 Å². The van der Waals surface area contributed by atoms with Crippen LogP contribution in [0.5, 0.6) is 0 Å². The van der Waals surface area contributed by atoms with Gasteiger partial charge in [0.25, 0.3) is 0 Å². The standard InChI is InChI=1S/C12H15NO6S/c1-2-19-11(14)7-8-13-20(17,18)10-6-4-3-5-9(10)12(15)16/h3-6,13H,2,7-8H2,1H3,(H,15,16). The fourth-order valence-electron chi connectivity index (χ4n) is 1.48. The Morgan fingerprint density at radius 3 is 2.55 bits per heavy atom. The van der Waals surface area contributed by atoms with E-state index in [1.807, 2.05) is 0 Å². The Morgan fingerprint density at radius 1 is 1.30 bits per heavy atom. The van der Waals surface area contributed by atoms with Gasteiger partial charge in [-0.25, -0.2) is 17.9 Å². The highest BCUT2D eigenvalue weighted by molar-refractivity contribution is 7.89. The van der Waals surface area contributed by atoms with Crippen molar-refractivity contribution in [3.8, 4) is 0 Å². The highest BCUT2D eigenvalue weighted by Crippen LogP contribution is 2.15.